The largest absolute Gasteiger partial charge is 0.355 e. The van der Waals surface area contributed by atoms with Crippen LogP contribution in [0.3, 0.4) is 0 Å². The Morgan fingerprint density at radius 1 is 1.05 bits per heavy atom. The molecule has 0 aliphatic heterocycles. The highest BCUT2D eigenvalue weighted by molar-refractivity contribution is 5.95. The molecule has 0 radical (unpaired) electrons. The number of carbonyl (C=O) groups is 2. The molecule has 116 valence electrons. The van der Waals surface area contributed by atoms with E-state index in [1.165, 1.54) is 0 Å². The van der Waals surface area contributed by atoms with Crippen LogP contribution in [0.15, 0.2) is 24.3 Å². The minimum absolute atomic E-state index is 0.0909. The molecule has 2 amide bonds. The first-order valence-corrected chi connectivity index (χ1v) is 7.35. The van der Waals surface area contributed by atoms with Gasteiger partial charge in [0.2, 0.25) is 11.8 Å². The van der Waals surface area contributed by atoms with Gasteiger partial charge in [-0.25, -0.2) is 0 Å². The molecule has 1 aromatic rings. The summed E-state index contributed by atoms with van der Waals surface area (Å²) >= 11 is 0. The lowest BCUT2D eigenvalue weighted by Gasteiger charge is -2.19. The molecular weight excluding hydrogens is 266 g/mol. The minimum atomic E-state index is -0.450. The van der Waals surface area contributed by atoms with E-state index in [1.54, 1.807) is 13.8 Å². The summed E-state index contributed by atoms with van der Waals surface area (Å²) in [6.45, 7) is 8.13. The van der Waals surface area contributed by atoms with E-state index in [1.807, 2.05) is 38.1 Å². The van der Waals surface area contributed by atoms with E-state index in [9.17, 15) is 9.59 Å². The van der Waals surface area contributed by atoms with Gasteiger partial charge in [-0.2, -0.15) is 0 Å². The normalized spacial score (nSPS) is 13.3. The van der Waals surface area contributed by atoms with Crippen LogP contribution < -0.4 is 16.0 Å². The molecular formula is C16H25N3O2. The van der Waals surface area contributed by atoms with Gasteiger partial charge in [0.05, 0.1) is 12.1 Å². The number of rotatable bonds is 7. The molecule has 0 aromatic heterocycles. The Kier molecular flexibility index (Phi) is 6.88. The molecule has 1 aromatic carbocycles. The molecule has 0 saturated carbocycles. The summed E-state index contributed by atoms with van der Waals surface area (Å²) in [4.78, 5) is 23.8. The molecule has 5 nitrogen and oxygen atoms in total. The zero-order valence-electron chi connectivity index (χ0n) is 13.2. The van der Waals surface area contributed by atoms with Crippen molar-refractivity contribution in [2.75, 3.05) is 11.9 Å². The smallest absolute Gasteiger partial charge is 0.241 e. The maximum atomic E-state index is 12.1. The van der Waals surface area contributed by atoms with E-state index in [0.29, 0.717) is 6.54 Å². The van der Waals surface area contributed by atoms with Crippen LogP contribution in [-0.2, 0) is 9.59 Å². The van der Waals surface area contributed by atoms with Crippen molar-refractivity contribution in [2.24, 2.45) is 0 Å². The number of aryl methyl sites for hydroxylation is 1. The topological polar surface area (TPSA) is 70.2 Å². The lowest BCUT2D eigenvalue weighted by atomic mass is 10.2. The molecule has 1 rings (SSSR count). The lowest BCUT2D eigenvalue weighted by molar-refractivity contribution is -0.123. The minimum Gasteiger partial charge on any atom is -0.355 e. The Bertz CT molecular complexity index is 471. The standard InChI is InChI=1S/C16H25N3O2/c1-5-10-17-15(20)12(3)18-13(4)16(21)19-14-8-6-11(2)7-9-14/h6-9,12-13,18H,5,10H2,1-4H3,(H,17,20)(H,19,21). The molecule has 0 aliphatic rings. The van der Waals surface area contributed by atoms with Crippen molar-refractivity contribution < 1.29 is 9.59 Å². The van der Waals surface area contributed by atoms with E-state index in [4.69, 9.17) is 0 Å². The third-order valence-corrected chi connectivity index (χ3v) is 3.15. The third kappa shape index (κ3) is 5.95. The van der Waals surface area contributed by atoms with Crippen molar-refractivity contribution in [3.05, 3.63) is 29.8 Å². The summed E-state index contributed by atoms with van der Waals surface area (Å²) in [6.07, 6.45) is 0.891. The van der Waals surface area contributed by atoms with Gasteiger partial charge < -0.3 is 10.6 Å². The van der Waals surface area contributed by atoms with Gasteiger partial charge in [0.25, 0.3) is 0 Å². The maximum Gasteiger partial charge on any atom is 0.241 e. The maximum absolute atomic E-state index is 12.1. The SMILES string of the molecule is CCCNC(=O)C(C)NC(C)C(=O)Nc1ccc(C)cc1. The van der Waals surface area contributed by atoms with Crippen LogP contribution in [0.2, 0.25) is 0 Å². The average molecular weight is 291 g/mol. The van der Waals surface area contributed by atoms with Crippen LogP contribution >= 0.6 is 0 Å². The lowest BCUT2D eigenvalue weighted by Crippen LogP contribution is -2.49. The van der Waals surface area contributed by atoms with Crippen molar-refractivity contribution in [1.29, 1.82) is 0 Å². The summed E-state index contributed by atoms with van der Waals surface area (Å²) in [5.74, 6) is -0.249. The number of nitrogens with one attached hydrogen (secondary N) is 3. The fraction of sp³-hybridized carbons (Fsp3) is 0.500. The van der Waals surface area contributed by atoms with Gasteiger partial charge in [-0.3, -0.25) is 14.9 Å². The summed E-state index contributed by atoms with van der Waals surface area (Å²) in [6, 6.07) is 6.74. The van der Waals surface area contributed by atoms with Crippen LogP contribution in [0, 0.1) is 6.92 Å². The summed E-state index contributed by atoms with van der Waals surface area (Å²) in [5, 5.41) is 8.62. The first-order valence-electron chi connectivity index (χ1n) is 7.35. The van der Waals surface area contributed by atoms with Gasteiger partial charge in [0, 0.05) is 12.2 Å². The highest BCUT2D eigenvalue weighted by Gasteiger charge is 2.19. The van der Waals surface area contributed by atoms with Gasteiger partial charge in [0.15, 0.2) is 0 Å². The number of carbonyl (C=O) groups excluding carboxylic acids is 2. The van der Waals surface area contributed by atoms with E-state index in [2.05, 4.69) is 16.0 Å². The van der Waals surface area contributed by atoms with Crippen molar-refractivity contribution in [3.63, 3.8) is 0 Å². The summed E-state index contributed by atoms with van der Waals surface area (Å²) in [7, 11) is 0. The molecule has 0 heterocycles. The van der Waals surface area contributed by atoms with Gasteiger partial charge >= 0.3 is 0 Å². The Morgan fingerprint density at radius 2 is 1.62 bits per heavy atom. The zero-order valence-corrected chi connectivity index (χ0v) is 13.2. The second kappa shape index (κ2) is 8.42. The number of benzene rings is 1. The number of hydrogen-bond acceptors (Lipinski definition) is 3. The van der Waals surface area contributed by atoms with Crippen LogP contribution in [0.1, 0.15) is 32.8 Å². The fourth-order valence-corrected chi connectivity index (χ4v) is 1.82. The quantitative estimate of drug-likeness (QED) is 0.718. The van der Waals surface area contributed by atoms with Crippen molar-refractivity contribution >= 4 is 17.5 Å². The molecule has 2 unspecified atom stereocenters. The zero-order chi connectivity index (χ0) is 15.8. The highest BCUT2D eigenvalue weighted by Crippen LogP contribution is 2.08. The first kappa shape index (κ1) is 17.2. The first-order chi connectivity index (χ1) is 9.93. The number of anilines is 1. The van der Waals surface area contributed by atoms with Crippen molar-refractivity contribution in [3.8, 4) is 0 Å². The second-order valence-electron chi connectivity index (χ2n) is 5.26. The van der Waals surface area contributed by atoms with E-state index < -0.39 is 12.1 Å². The highest BCUT2D eigenvalue weighted by atomic mass is 16.2. The number of amides is 2. The van der Waals surface area contributed by atoms with Gasteiger partial charge in [-0.15, -0.1) is 0 Å². The molecule has 5 heteroatoms. The molecule has 0 saturated heterocycles. The van der Waals surface area contributed by atoms with Gasteiger partial charge in [0.1, 0.15) is 0 Å². The number of hydrogen-bond donors (Lipinski definition) is 3. The van der Waals surface area contributed by atoms with E-state index in [0.717, 1.165) is 17.7 Å². The second-order valence-corrected chi connectivity index (χ2v) is 5.26. The molecule has 0 aliphatic carbocycles. The molecule has 0 fully saturated rings. The Labute approximate surface area is 126 Å². The summed E-state index contributed by atoms with van der Waals surface area (Å²) in [5.41, 5.74) is 1.89. The molecule has 0 bridgehead atoms. The average Bonchev–Trinajstić information content (AvgIpc) is 2.46. The third-order valence-electron chi connectivity index (χ3n) is 3.15. The molecule has 2 atom stereocenters. The monoisotopic (exact) mass is 291 g/mol. The molecule has 21 heavy (non-hydrogen) atoms. The predicted molar refractivity (Wildman–Crippen MR) is 85.2 cm³/mol. The fourth-order valence-electron chi connectivity index (χ4n) is 1.82. The van der Waals surface area contributed by atoms with Crippen LogP contribution in [-0.4, -0.2) is 30.4 Å². The van der Waals surface area contributed by atoms with Gasteiger partial charge in [-0.05, 0) is 39.3 Å². The molecule has 3 N–H and O–H groups in total. The predicted octanol–water partition coefficient (Wildman–Crippen LogP) is 1.83. The Hall–Kier alpha value is -1.88. The Balaban J connectivity index is 2.46. The van der Waals surface area contributed by atoms with Gasteiger partial charge in [-0.1, -0.05) is 24.6 Å². The van der Waals surface area contributed by atoms with E-state index in [-0.39, 0.29) is 11.8 Å². The van der Waals surface area contributed by atoms with Crippen LogP contribution in [0.25, 0.3) is 0 Å². The summed E-state index contributed by atoms with van der Waals surface area (Å²) < 4.78 is 0. The Morgan fingerprint density at radius 3 is 2.19 bits per heavy atom. The molecule has 0 spiro atoms. The van der Waals surface area contributed by atoms with Crippen molar-refractivity contribution in [1.82, 2.24) is 10.6 Å². The van der Waals surface area contributed by atoms with Crippen LogP contribution in [0.5, 0.6) is 0 Å². The van der Waals surface area contributed by atoms with Crippen LogP contribution in [0.4, 0.5) is 5.69 Å². The van der Waals surface area contributed by atoms with E-state index >= 15 is 0 Å². The van der Waals surface area contributed by atoms with Crippen molar-refractivity contribution in [2.45, 2.75) is 46.2 Å².